The van der Waals surface area contributed by atoms with Crippen LogP contribution in [0.15, 0.2) is 42.5 Å². The summed E-state index contributed by atoms with van der Waals surface area (Å²) in [6, 6.07) is 12.5. The Morgan fingerprint density at radius 3 is 2.16 bits per heavy atom. The molecule has 300 valence electrons. The van der Waals surface area contributed by atoms with E-state index < -0.39 is 40.5 Å². The van der Waals surface area contributed by atoms with Crippen LogP contribution in [0.2, 0.25) is 5.02 Å². The van der Waals surface area contributed by atoms with Crippen LogP contribution in [-0.4, -0.2) is 111 Å². The maximum absolute atomic E-state index is 13.4. The quantitative estimate of drug-likeness (QED) is 0.316. The monoisotopic (exact) mass is 807 g/mol. The van der Waals surface area contributed by atoms with Crippen LogP contribution in [0.1, 0.15) is 88.4 Å². The van der Waals surface area contributed by atoms with Crippen molar-refractivity contribution in [2.45, 2.75) is 71.8 Å². The predicted octanol–water partition coefficient (Wildman–Crippen LogP) is 2.68. The van der Waals surface area contributed by atoms with Gasteiger partial charge in [0.1, 0.15) is 24.0 Å². The van der Waals surface area contributed by atoms with E-state index >= 15 is 0 Å². The summed E-state index contributed by atoms with van der Waals surface area (Å²) in [6.45, 7) is 11.2. The van der Waals surface area contributed by atoms with Crippen molar-refractivity contribution in [1.82, 2.24) is 35.5 Å². The summed E-state index contributed by atoms with van der Waals surface area (Å²) in [5, 5.41) is 23.5. The minimum Gasteiger partial charge on any atom is -0.489 e. The molecule has 0 radical (unpaired) electrons. The molecular formula is C41H42ClN9O7. The van der Waals surface area contributed by atoms with Crippen LogP contribution in [0.3, 0.4) is 0 Å². The van der Waals surface area contributed by atoms with Crippen LogP contribution in [0.4, 0.5) is 5.82 Å². The number of nitrogens with zero attached hydrogens (tertiary/aromatic N) is 7. The molecule has 1 aromatic heterocycles. The molecule has 5 aliphatic rings. The van der Waals surface area contributed by atoms with Gasteiger partial charge in [-0.15, -0.1) is 10.2 Å². The Hall–Kier alpha value is -5.92. The summed E-state index contributed by atoms with van der Waals surface area (Å²) >= 11 is 6.22. The van der Waals surface area contributed by atoms with Gasteiger partial charge in [0.15, 0.2) is 11.5 Å². The summed E-state index contributed by atoms with van der Waals surface area (Å²) in [4.78, 5) is 84.1. The van der Waals surface area contributed by atoms with E-state index in [-0.39, 0.29) is 60.2 Å². The Bertz CT molecular complexity index is 2260. The van der Waals surface area contributed by atoms with Gasteiger partial charge in [0.25, 0.3) is 17.7 Å². The van der Waals surface area contributed by atoms with Gasteiger partial charge in [-0.2, -0.15) is 5.26 Å². The summed E-state index contributed by atoms with van der Waals surface area (Å²) < 4.78 is 6.33. The fourth-order valence-corrected chi connectivity index (χ4v) is 9.66. The zero-order chi connectivity index (χ0) is 41.3. The molecule has 2 aromatic carbocycles. The Labute approximate surface area is 339 Å². The molecule has 0 bridgehead atoms. The molecule has 17 heteroatoms. The third kappa shape index (κ3) is 6.71. The van der Waals surface area contributed by atoms with E-state index in [9.17, 15) is 34.0 Å². The van der Waals surface area contributed by atoms with Crippen LogP contribution >= 0.6 is 11.6 Å². The molecule has 5 heterocycles. The summed E-state index contributed by atoms with van der Waals surface area (Å²) in [5.74, 6) is -1.41. The third-order valence-electron chi connectivity index (χ3n) is 12.2. The van der Waals surface area contributed by atoms with Crippen LogP contribution in [0.25, 0.3) is 0 Å². The first-order valence-electron chi connectivity index (χ1n) is 19.2. The number of hydrogen-bond acceptors (Lipinski definition) is 12. The molecule has 0 spiro atoms. The number of benzene rings is 2. The summed E-state index contributed by atoms with van der Waals surface area (Å²) in [7, 11) is 0. The zero-order valence-electron chi connectivity index (χ0n) is 32.5. The highest BCUT2D eigenvalue weighted by Crippen LogP contribution is 2.55. The van der Waals surface area contributed by atoms with Crippen molar-refractivity contribution in [3.63, 3.8) is 0 Å². The van der Waals surface area contributed by atoms with E-state index in [2.05, 4.69) is 20.8 Å². The summed E-state index contributed by atoms with van der Waals surface area (Å²) in [6.07, 6.45) is -0.102. The number of ether oxygens (including phenoxy) is 1. The van der Waals surface area contributed by atoms with Gasteiger partial charge in [-0.1, -0.05) is 39.3 Å². The van der Waals surface area contributed by atoms with Gasteiger partial charge in [0.05, 0.1) is 28.3 Å². The van der Waals surface area contributed by atoms with Gasteiger partial charge in [-0.05, 0) is 53.9 Å². The van der Waals surface area contributed by atoms with Gasteiger partial charge in [-0.3, -0.25) is 43.9 Å². The highest BCUT2D eigenvalue weighted by Gasteiger charge is 2.64. The van der Waals surface area contributed by atoms with E-state index in [1.54, 1.807) is 47.4 Å². The number of carbonyl (C=O) groups is 6. The number of halogens is 1. The summed E-state index contributed by atoms with van der Waals surface area (Å²) in [5.41, 5.74) is 1.84. The maximum Gasteiger partial charge on any atom is 0.272 e. The molecule has 1 atom stereocenters. The first-order chi connectivity index (χ1) is 27.6. The first kappa shape index (κ1) is 38.9. The molecule has 3 aromatic rings. The topological polar surface area (TPSA) is 198 Å². The fourth-order valence-electron chi connectivity index (χ4n) is 9.44. The smallest absolute Gasteiger partial charge is 0.272 e. The number of rotatable bonds is 8. The third-order valence-corrected chi connectivity index (χ3v) is 12.5. The highest BCUT2D eigenvalue weighted by molar-refractivity contribution is 6.31. The van der Waals surface area contributed by atoms with Crippen LogP contribution in [0.5, 0.6) is 5.75 Å². The lowest BCUT2D eigenvalue weighted by atomic mass is 9.49. The standard InChI is InChI=1S/C41H42ClN9O7/c1-40(2)38(41(3,4)39(40)58-25-6-5-22(18-43)28(42)17-25)45-34(54)29-7-9-31(47-46-29)49-11-13-50(14-12-49)33(53)21-48-19-23-15-26-27(16-24(23)20-48)37(57)51(36(26)56)30-8-10-32(52)44-35(30)55/h5-7,9,15-17,30,38-39H,8,10-14,19-21H2,1-4H3,(H,45,54)(H,44,52,55)/t30?,38-,39-. The normalized spacial score (nSPS) is 23.4. The molecule has 8 rings (SSSR count). The number of hydrogen-bond donors (Lipinski definition) is 2. The molecule has 2 saturated heterocycles. The molecule has 1 saturated carbocycles. The van der Waals surface area contributed by atoms with Gasteiger partial charge in [0, 0.05) is 68.6 Å². The second-order valence-corrected chi connectivity index (χ2v) is 17.1. The number of piperidine rings is 1. The van der Waals surface area contributed by atoms with Crippen molar-refractivity contribution >= 4 is 52.9 Å². The number of nitrogens with one attached hydrogen (secondary N) is 2. The average Bonchev–Trinajstić information content (AvgIpc) is 3.70. The Kier molecular flexibility index (Phi) is 9.72. The van der Waals surface area contributed by atoms with Crippen molar-refractivity contribution in [2.75, 3.05) is 37.6 Å². The SMILES string of the molecule is CC1(C)[C@H](NC(=O)c2ccc(N3CCN(C(=O)CN4Cc5cc6c(cc5C4)C(=O)N(C4CCC(=O)NC4=O)C6=O)CC3)nn2)C(C)(C)[C@H]1Oc1ccc(C#N)c(Cl)c1. The molecule has 3 fully saturated rings. The second-order valence-electron chi connectivity index (χ2n) is 16.7. The van der Waals surface area contributed by atoms with Crippen molar-refractivity contribution in [1.29, 1.82) is 5.26 Å². The Balaban J connectivity index is 0.816. The van der Waals surface area contributed by atoms with Crippen molar-refractivity contribution in [3.8, 4) is 11.8 Å². The van der Waals surface area contributed by atoms with E-state index in [0.29, 0.717) is 61.4 Å². The van der Waals surface area contributed by atoms with Crippen molar-refractivity contribution in [2.24, 2.45) is 10.8 Å². The van der Waals surface area contributed by atoms with Crippen molar-refractivity contribution in [3.05, 3.63) is 81.0 Å². The zero-order valence-corrected chi connectivity index (χ0v) is 33.3. The predicted molar refractivity (Wildman–Crippen MR) is 207 cm³/mol. The minimum atomic E-state index is -1.02. The van der Waals surface area contributed by atoms with Gasteiger partial charge in [0.2, 0.25) is 17.7 Å². The lowest BCUT2D eigenvalue weighted by molar-refractivity contribution is -0.164. The fraction of sp³-hybridized carbons (Fsp3) is 0.439. The molecule has 1 unspecified atom stereocenters. The number of nitriles is 1. The average molecular weight is 808 g/mol. The van der Waals surface area contributed by atoms with Crippen molar-refractivity contribution < 1.29 is 33.5 Å². The Morgan fingerprint density at radius 2 is 1.59 bits per heavy atom. The molecule has 58 heavy (non-hydrogen) atoms. The van der Waals surface area contributed by atoms with Crippen LogP contribution < -0.4 is 20.3 Å². The van der Waals surface area contributed by atoms with E-state index in [1.165, 1.54) is 0 Å². The molecule has 2 N–H and O–H groups in total. The number of aromatic nitrogens is 2. The number of piperazine rings is 1. The van der Waals surface area contributed by atoms with Crippen LogP contribution in [0, 0.1) is 22.2 Å². The van der Waals surface area contributed by atoms with Gasteiger partial charge < -0.3 is 19.9 Å². The van der Waals surface area contributed by atoms with Gasteiger partial charge in [-0.25, -0.2) is 0 Å². The Morgan fingerprint density at radius 1 is 0.931 bits per heavy atom. The number of carbonyl (C=O) groups excluding carboxylic acids is 6. The maximum atomic E-state index is 13.4. The van der Waals surface area contributed by atoms with Crippen LogP contribution in [-0.2, 0) is 27.5 Å². The molecule has 1 aliphatic carbocycles. The largest absolute Gasteiger partial charge is 0.489 e. The number of anilines is 1. The molecule has 16 nitrogen and oxygen atoms in total. The highest BCUT2D eigenvalue weighted by atomic mass is 35.5. The molecular weight excluding hydrogens is 766 g/mol. The van der Waals surface area contributed by atoms with Gasteiger partial charge >= 0.3 is 0 Å². The van der Waals surface area contributed by atoms with E-state index in [0.717, 1.165) is 16.0 Å². The lowest BCUT2D eigenvalue weighted by Gasteiger charge is -2.63. The minimum absolute atomic E-state index is 0.0375. The van der Waals surface area contributed by atoms with E-state index in [4.69, 9.17) is 16.3 Å². The number of imide groups is 2. The molecule has 6 amide bonds. The number of amides is 6. The first-order valence-corrected chi connectivity index (χ1v) is 19.6. The molecule has 4 aliphatic heterocycles. The second kappa shape index (κ2) is 14.5. The van der Waals surface area contributed by atoms with E-state index in [1.807, 2.05) is 43.6 Å². The lowest BCUT2D eigenvalue weighted by Crippen LogP contribution is -2.74. The number of fused-ring (bicyclic) bond motifs is 2.